The minimum Gasteiger partial charge on any atom is -0.369 e. The number of nitrogens with one attached hydrogen (secondary N) is 2. The van der Waals surface area contributed by atoms with Crippen LogP contribution in [-0.4, -0.2) is 22.4 Å². The number of aromatic nitrogens is 2. The predicted octanol–water partition coefficient (Wildman–Crippen LogP) is 2.54. The molecule has 0 unspecified atom stereocenters. The first kappa shape index (κ1) is 15.0. The van der Waals surface area contributed by atoms with E-state index in [0.29, 0.717) is 18.1 Å². The summed E-state index contributed by atoms with van der Waals surface area (Å²) in [7, 11) is 0. The number of benzene rings is 1. The number of nitrogens with zero attached hydrogens (tertiary/aromatic N) is 2. The molecule has 5 nitrogen and oxygen atoms in total. The number of hydrogen-bond donors (Lipinski definition) is 2. The Kier molecular flexibility index (Phi) is 5.26. The van der Waals surface area contributed by atoms with Gasteiger partial charge in [-0.2, -0.15) is 0 Å². The summed E-state index contributed by atoms with van der Waals surface area (Å²) in [5, 5.41) is 5.97. The summed E-state index contributed by atoms with van der Waals surface area (Å²) < 4.78 is 0. The van der Waals surface area contributed by atoms with Crippen molar-refractivity contribution in [1.29, 1.82) is 0 Å². The number of anilines is 1. The van der Waals surface area contributed by atoms with Crippen molar-refractivity contribution < 1.29 is 4.79 Å². The molecule has 0 saturated heterocycles. The van der Waals surface area contributed by atoms with E-state index in [2.05, 4.69) is 27.5 Å². The van der Waals surface area contributed by atoms with E-state index in [9.17, 15) is 4.79 Å². The molecule has 0 aliphatic rings. The van der Waals surface area contributed by atoms with Gasteiger partial charge in [-0.1, -0.05) is 36.8 Å². The van der Waals surface area contributed by atoms with Crippen LogP contribution < -0.4 is 10.6 Å². The molecule has 2 aromatic rings. The number of aryl methyl sites for hydroxylation is 1. The molecule has 1 aromatic heterocycles. The fourth-order valence-corrected chi connectivity index (χ4v) is 1.91. The largest absolute Gasteiger partial charge is 0.369 e. The molecule has 0 atom stereocenters. The number of carbonyl (C=O) groups is 1. The van der Waals surface area contributed by atoms with Crippen molar-refractivity contribution >= 4 is 11.7 Å². The van der Waals surface area contributed by atoms with E-state index in [0.717, 1.165) is 18.5 Å². The number of carbonyl (C=O) groups excluding carboxylic acids is 1. The van der Waals surface area contributed by atoms with E-state index in [-0.39, 0.29) is 5.91 Å². The molecular formula is C16H20N4O. The van der Waals surface area contributed by atoms with Gasteiger partial charge in [0, 0.05) is 13.1 Å². The molecule has 0 aliphatic carbocycles. The monoisotopic (exact) mass is 284 g/mol. The Morgan fingerprint density at radius 3 is 2.90 bits per heavy atom. The first-order chi connectivity index (χ1) is 10.2. The van der Waals surface area contributed by atoms with E-state index in [4.69, 9.17) is 0 Å². The lowest BCUT2D eigenvalue weighted by atomic mass is 10.1. The molecule has 1 heterocycles. The third kappa shape index (κ3) is 4.56. The fourth-order valence-electron chi connectivity index (χ4n) is 1.91. The third-order valence-electron chi connectivity index (χ3n) is 2.96. The van der Waals surface area contributed by atoms with E-state index in [1.165, 1.54) is 11.8 Å². The van der Waals surface area contributed by atoms with Gasteiger partial charge in [0.15, 0.2) is 0 Å². The summed E-state index contributed by atoms with van der Waals surface area (Å²) in [5.74, 6) is 0.407. The molecule has 0 bridgehead atoms. The van der Waals surface area contributed by atoms with Crippen LogP contribution in [0.25, 0.3) is 0 Å². The number of amides is 1. The van der Waals surface area contributed by atoms with Gasteiger partial charge in [0.2, 0.25) is 0 Å². The predicted molar refractivity (Wildman–Crippen MR) is 83.2 cm³/mol. The fraction of sp³-hybridized carbons (Fsp3) is 0.312. The summed E-state index contributed by atoms with van der Waals surface area (Å²) in [5.41, 5.74) is 2.56. The highest BCUT2D eigenvalue weighted by Crippen LogP contribution is 2.05. The van der Waals surface area contributed by atoms with Crippen LogP contribution in [0.2, 0.25) is 0 Å². The van der Waals surface area contributed by atoms with Crippen LogP contribution in [-0.2, 0) is 6.54 Å². The Morgan fingerprint density at radius 2 is 2.14 bits per heavy atom. The molecule has 2 N–H and O–H groups in total. The molecule has 110 valence electrons. The maximum Gasteiger partial charge on any atom is 0.271 e. The highest BCUT2D eigenvalue weighted by Gasteiger charge is 2.08. The van der Waals surface area contributed by atoms with Crippen molar-refractivity contribution in [3.05, 3.63) is 53.5 Å². The molecular weight excluding hydrogens is 264 g/mol. The molecule has 1 amide bonds. The van der Waals surface area contributed by atoms with Crippen molar-refractivity contribution in [2.75, 3.05) is 11.9 Å². The average molecular weight is 284 g/mol. The normalized spacial score (nSPS) is 10.2. The lowest BCUT2D eigenvalue weighted by molar-refractivity contribution is 0.0945. The van der Waals surface area contributed by atoms with Crippen LogP contribution in [0.1, 0.15) is 35.0 Å². The van der Waals surface area contributed by atoms with Crippen molar-refractivity contribution in [3.8, 4) is 0 Å². The van der Waals surface area contributed by atoms with E-state index >= 15 is 0 Å². The van der Waals surface area contributed by atoms with Gasteiger partial charge < -0.3 is 10.6 Å². The number of hydrogen-bond acceptors (Lipinski definition) is 4. The SMILES string of the molecule is CCCNc1cncc(C(=O)NCc2cccc(C)c2)n1. The van der Waals surface area contributed by atoms with Gasteiger partial charge in [0.25, 0.3) is 5.91 Å². The molecule has 0 spiro atoms. The second-order valence-corrected chi connectivity index (χ2v) is 4.89. The average Bonchev–Trinajstić information content (AvgIpc) is 2.51. The molecule has 1 aromatic carbocycles. The van der Waals surface area contributed by atoms with E-state index in [1.807, 2.05) is 31.2 Å². The maximum absolute atomic E-state index is 12.1. The van der Waals surface area contributed by atoms with Crippen molar-refractivity contribution in [2.24, 2.45) is 0 Å². The van der Waals surface area contributed by atoms with Gasteiger partial charge in [-0.25, -0.2) is 4.98 Å². The van der Waals surface area contributed by atoms with Crippen LogP contribution in [0.4, 0.5) is 5.82 Å². The summed E-state index contributed by atoms with van der Waals surface area (Å²) in [6.45, 7) is 5.39. The highest BCUT2D eigenvalue weighted by atomic mass is 16.1. The Bertz CT molecular complexity index is 613. The Hall–Kier alpha value is -2.43. The minimum atomic E-state index is -0.218. The zero-order chi connectivity index (χ0) is 15.1. The van der Waals surface area contributed by atoms with Gasteiger partial charge in [-0.05, 0) is 18.9 Å². The molecule has 0 radical (unpaired) electrons. The zero-order valence-corrected chi connectivity index (χ0v) is 12.4. The van der Waals surface area contributed by atoms with Crippen LogP contribution in [0.15, 0.2) is 36.7 Å². The second kappa shape index (κ2) is 7.38. The van der Waals surface area contributed by atoms with E-state index < -0.39 is 0 Å². The summed E-state index contributed by atoms with van der Waals surface area (Å²) in [6, 6.07) is 8.04. The van der Waals surface area contributed by atoms with Gasteiger partial charge >= 0.3 is 0 Å². The molecule has 21 heavy (non-hydrogen) atoms. The van der Waals surface area contributed by atoms with E-state index in [1.54, 1.807) is 6.20 Å². The first-order valence-electron chi connectivity index (χ1n) is 7.08. The van der Waals surface area contributed by atoms with Crippen molar-refractivity contribution in [1.82, 2.24) is 15.3 Å². The van der Waals surface area contributed by atoms with Crippen LogP contribution in [0.5, 0.6) is 0 Å². The lowest BCUT2D eigenvalue weighted by Crippen LogP contribution is -2.24. The first-order valence-corrected chi connectivity index (χ1v) is 7.08. The standard InChI is InChI=1S/C16H20N4O/c1-3-7-18-15-11-17-10-14(20-15)16(21)19-9-13-6-4-5-12(2)8-13/h4-6,8,10-11H,3,7,9H2,1-2H3,(H,18,20)(H,19,21). The second-order valence-electron chi connectivity index (χ2n) is 4.89. The third-order valence-corrected chi connectivity index (χ3v) is 2.96. The molecule has 0 aliphatic heterocycles. The quantitative estimate of drug-likeness (QED) is 0.855. The minimum absolute atomic E-state index is 0.218. The zero-order valence-electron chi connectivity index (χ0n) is 12.4. The number of rotatable bonds is 6. The van der Waals surface area contributed by atoms with Crippen LogP contribution in [0.3, 0.4) is 0 Å². The lowest BCUT2D eigenvalue weighted by Gasteiger charge is -2.07. The highest BCUT2D eigenvalue weighted by molar-refractivity contribution is 5.92. The Balaban J connectivity index is 1.96. The van der Waals surface area contributed by atoms with Gasteiger partial charge in [0.1, 0.15) is 11.5 Å². The molecule has 0 fully saturated rings. The van der Waals surface area contributed by atoms with Crippen LogP contribution >= 0.6 is 0 Å². The van der Waals surface area contributed by atoms with Crippen molar-refractivity contribution in [2.45, 2.75) is 26.8 Å². The Labute approximate surface area is 124 Å². The molecule has 0 saturated carbocycles. The van der Waals surface area contributed by atoms with Crippen molar-refractivity contribution in [3.63, 3.8) is 0 Å². The Morgan fingerprint density at radius 1 is 1.29 bits per heavy atom. The summed E-state index contributed by atoms with van der Waals surface area (Å²) in [6.07, 6.45) is 4.08. The van der Waals surface area contributed by atoms with Gasteiger partial charge in [-0.15, -0.1) is 0 Å². The smallest absolute Gasteiger partial charge is 0.271 e. The van der Waals surface area contributed by atoms with Gasteiger partial charge in [0.05, 0.1) is 12.4 Å². The summed E-state index contributed by atoms with van der Waals surface area (Å²) >= 11 is 0. The summed E-state index contributed by atoms with van der Waals surface area (Å²) in [4.78, 5) is 20.4. The molecule has 5 heteroatoms. The van der Waals surface area contributed by atoms with Gasteiger partial charge in [-0.3, -0.25) is 9.78 Å². The maximum atomic E-state index is 12.1. The molecule has 2 rings (SSSR count). The van der Waals surface area contributed by atoms with Crippen LogP contribution in [0, 0.1) is 6.92 Å². The topological polar surface area (TPSA) is 66.9 Å².